The highest BCUT2D eigenvalue weighted by atomic mass is 16.7. The summed E-state index contributed by atoms with van der Waals surface area (Å²) in [5.41, 5.74) is 14.5. The van der Waals surface area contributed by atoms with Gasteiger partial charge in [-0.1, -0.05) is 116 Å². The molecule has 7 rings (SSSR count). The molecule has 2 amide bonds. The third kappa shape index (κ3) is 12.3. The quantitative estimate of drug-likeness (QED) is 0.0551. The Bertz CT molecular complexity index is 2090. The van der Waals surface area contributed by atoms with Crippen molar-refractivity contribution in [2.75, 3.05) is 43.8 Å². The molecule has 5 aromatic rings. The molecule has 0 spiro atoms. The average molecular weight is 796 g/mol. The lowest BCUT2D eigenvalue weighted by Gasteiger charge is -2.40. The summed E-state index contributed by atoms with van der Waals surface area (Å²) in [6.45, 7) is 6.33. The zero-order chi connectivity index (χ0) is 40.8. The maximum absolute atomic E-state index is 12.6. The van der Waals surface area contributed by atoms with E-state index in [9.17, 15) is 14.7 Å². The van der Waals surface area contributed by atoms with Crippen LogP contribution in [0, 0.1) is 0 Å². The fourth-order valence-corrected chi connectivity index (χ4v) is 7.85. The van der Waals surface area contributed by atoms with Crippen LogP contribution in [-0.4, -0.2) is 65.5 Å². The molecule has 308 valence electrons. The van der Waals surface area contributed by atoms with E-state index in [1.165, 1.54) is 5.56 Å². The summed E-state index contributed by atoms with van der Waals surface area (Å²) in [7, 11) is 0. The van der Waals surface area contributed by atoms with Gasteiger partial charge in [-0.25, -0.2) is 0 Å². The number of unbranched alkanes of at least 4 members (excludes halogenated alkanes) is 2. The molecular weight excluding hydrogens is 739 g/mol. The molecule has 0 radical (unpaired) electrons. The van der Waals surface area contributed by atoms with E-state index in [1.54, 1.807) is 12.1 Å². The molecule has 2 heterocycles. The first-order valence-electron chi connectivity index (χ1n) is 21.0. The Morgan fingerprint density at radius 3 is 2.08 bits per heavy atom. The second-order valence-corrected chi connectivity index (χ2v) is 15.7. The van der Waals surface area contributed by atoms with Crippen molar-refractivity contribution < 1.29 is 24.2 Å². The van der Waals surface area contributed by atoms with Crippen molar-refractivity contribution in [1.82, 2.24) is 15.1 Å². The maximum atomic E-state index is 12.6. The predicted octanol–water partition coefficient (Wildman–Crippen LogP) is 8.00. The summed E-state index contributed by atoms with van der Waals surface area (Å²) in [5.74, 6) is -0.0726. The van der Waals surface area contributed by atoms with E-state index >= 15 is 0 Å². The number of rotatable bonds is 17. The van der Waals surface area contributed by atoms with Crippen molar-refractivity contribution in [1.29, 1.82) is 0 Å². The lowest BCUT2D eigenvalue weighted by Crippen LogP contribution is -2.49. The van der Waals surface area contributed by atoms with Gasteiger partial charge in [0.25, 0.3) is 0 Å². The van der Waals surface area contributed by atoms with Gasteiger partial charge < -0.3 is 30.9 Å². The number of nitrogens with one attached hydrogen (secondary N) is 2. The Balaban J connectivity index is 0.901. The second-order valence-electron chi connectivity index (χ2n) is 15.7. The van der Waals surface area contributed by atoms with Crippen LogP contribution in [0.3, 0.4) is 0 Å². The molecule has 0 aliphatic carbocycles. The summed E-state index contributed by atoms with van der Waals surface area (Å²) < 4.78 is 13.4. The van der Waals surface area contributed by atoms with Crippen molar-refractivity contribution in [2.45, 2.75) is 76.7 Å². The molecule has 59 heavy (non-hydrogen) atoms. The van der Waals surface area contributed by atoms with E-state index in [0.29, 0.717) is 37.2 Å². The number of ether oxygens (including phenoxy) is 2. The van der Waals surface area contributed by atoms with Gasteiger partial charge in [-0.15, -0.1) is 0 Å². The fraction of sp³-hybridized carbons (Fsp3) is 0.347. The molecule has 5 aromatic carbocycles. The maximum Gasteiger partial charge on any atom is 0.224 e. The molecule has 10 heteroatoms. The Morgan fingerprint density at radius 1 is 0.661 bits per heavy atom. The van der Waals surface area contributed by atoms with Crippen molar-refractivity contribution in [2.24, 2.45) is 0 Å². The van der Waals surface area contributed by atoms with Gasteiger partial charge in [-0.2, -0.15) is 0 Å². The molecule has 10 nitrogen and oxygen atoms in total. The highest BCUT2D eigenvalue weighted by Gasteiger charge is 2.34. The number of para-hydroxylation sites is 2. The minimum Gasteiger partial charge on any atom is -0.397 e. The van der Waals surface area contributed by atoms with Gasteiger partial charge in [-0.3, -0.25) is 19.4 Å². The molecule has 2 fully saturated rings. The normalized spacial score (nSPS) is 18.6. The number of carbonyl (C=O) groups excluding carboxylic acids is 2. The van der Waals surface area contributed by atoms with E-state index in [1.807, 2.05) is 36.4 Å². The Hall–Kier alpha value is -5.36. The van der Waals surface area contributed by atoms with Crippen LogP contribution in [0.15, 0.2) is 127 Å². The molecule has 0 saturated carbocycles. The summed E-state index contributed by atoms with van der Waals surface area (Å²) >= 11 is 0. The standard InChI is InChI=1S/C49H57N5O5/c50-44-14-7-8-15-45(44)52-48(57)17-6-2-5-16-47(56)51-32-38-12-9-13-42(30-38)39-22-24-41(25-23-39)49-58-43(31-46(59-49)40-20-18-37(35-55)19-21-40)34-54-28-26-53(27-29-54)33-36-10-3-1-4-11-36/h1,3-4,7-15,18-25,30,43,46,49,55H,2,5-6,16-17,26-29,31-35,50H2,(H,51,56)(H,52,57)/t43-,46+,49+/m1/s1. The Labute approximate surface area is 348 Å². The van der Waals surface area contributed by atoms with Gasteiger partial charge in [0, 0.05) is 70.6 Å². The molecule has 3 atom stereocenters. The number of amides is 2. The van der Waals surface area contributed by atoms with E-state index in [0.717, 1.165) is 91.9 Å². The predicted molar refractivity (Wildman–Crippen MR) is 233 cm³/mol. The number of nitrogen functional groups attached to an aromatic ring is 1. The highest BCUT2D eigenvalue weighted by Crippen LogP contribution is 2.39. The number of nitrogens with zero attached hydrogens (tertiary/aromatic N) is 2. The first kappa shape index (κ1) is 41.8. The summed E-state index contributed by atoms with van der Waals surface area (Å²) in [6.07, 6.45) is 3.12. The zero-order valence-corrected chi connectivity index (χ0v) is 33.8. The first-order chi connectivity index (χ1) is 28.9. The number of benzene rings is 5. The number of hydrogen-bond donors (Lipinski definition) is 4. The van der Waals surface area contributed by atoms with E-state index in [4.69, 9.17) is 15.2 Å². The largest absolute Gasteiger partial charge is 0.397 e. The third-order valence-corrected chi connectivity index (χ3v) is 11.3. The monoisotopic (exact) mass is 795 g/mol. The van der Waals surface area contributed by atoms with Gasteiger partial charge in [-0.05, 0) is 64.4 Å². The number of hydrogen-bond acceptors (Lipinski definition) is 8. The van der Waals surface area contributed by atoms with Crippen molar-refractivity contribution in [3.05, 3.63) is 155 Å². The van der Waals surface area contributed by atoms with Crippen LogP contribution in [-0.2, 0) is 38.8 Å². The third-order valence-electron chi connectivity index (χ3n) is 11.3. The number of carbonyl (C=O) groups is 2. The number of aliphatic hydroxyl groups excluding tert-OH is 1. The van der Waals surface area contributed by atoms with Crippen LogP contribution in [0.4, 0.5) is 11.4 Å². The zero-order valence-electron chi connectivity index (χ0n) is 33.8. The smallest absolute Gasteiger partial charge is 0.224 e. The van der Waals surface area contributed by atoms with Crippen LogP contribution < -0.4 is 16.4 Å². The minimum atomic E-state index is -0.517. The molecule has 0 aromatic heterocycles. The SMILES string of the molecule is Nc1ccccc1NC(=O)CCCCCC(=O)NCc1cccc(-c2ccc([C@H]3O[C@@H](CN4CCN(Cc5ccccc5)CC4)C[C@@H](c4ccc(CO)cc4)O3)cc2)c1. The lowest BCUT2D eigenvalue weighted by molar-refractivity contribution is -0.253. The Morgan fingerprint density at radius 2 is 1.34 bits per heavy atom. The van der Waals surface area contributed by atoms with Crippen LogP contribution in [0.25, 0.3) is 11.1 Å². The molecule has 2 aliphatic heterocycles. The van der Waals surface area contributed by atoms with Crippen LogP contribution >= 0.6 is 0 Å². The second kappa shape index (κ2) is 21.1. The number of piperazine rings is 1. The number of nitrogens with two attached hydrogens (primary N) is 1. The van der Waals surface area contributed by atoms with E-state index in [-0.39, 0.29) is 30.6 Å². The van der Waals surface area contributed by atoms with Gasteiger partial charge in [0.15, 0.2) is 6.29 Å². The molecular formula is C49H57N5O5. The average Bonchev–Trinajstić information content (AvgIpc) is 3.27. The first-order valence-corrected chi connectivity index (χ1v) is 21.0. The van der Waals surface area contributed by atoms with Gasteiger partial charge in [0.2, 0.25) is 11.8 Å². The van der Waals surface area contributed by atoms with Crippen molar-refractivity contribution in [3.8, 4) is 11.1 Å². The fourth-order valence-electron chi connectivity index (χ4n) is 7.85. The molecule has 2 aliphatic rings. The topological polar surface area (TPSA) is 129 Å². The van der Waals surface area contributed by atoms with Crippen LogP contribution in [0.5, 0.6) is 0 Å². The van der Waals surface area contributed by atoms with Gasteiger partial charge in [0.05, 0.1) is 30.2 Å². The van der Waals surface area contributed by atoms with E-state index in [2.05, 4.69) is 99.3 Å². The molecule has 2 saturated heterocycles. The highest BCUT2D eigenvalue weighted by molar-refractivity contribution is 5.93. The number of anilines is 2. The van der Waals surface area contributed by atoms with Crippen LogP contribution in [0.2, 0.25) is 0 Å². The Kier molecular flexibility index (Phi) is 14.9. The summed E-state index contributed by atoms with van der Waals surface area (Å²) in [5, 5.41) is 15.5. The minimum absolute atomic E-state index is 0.0000137. The molecule has 5 N–H and O–H groups in total. The van der Waals surface area contributed by atoms with Gasteiger partial charge >= 0.3 is 0 Å². The van der Waals surface area contributed by atoms with Crippen LogP contribution in [0.1, 0.15) is 78.7 Å². The van der Waals surface area contributed by atoms with Gasteiger partial charge in [0.1, 0.15) is 0 Å². The van der Waals surface area contributed by atoms with E-state index < -0.39 is 6.29 Å². The summed E-state index contributed by atoms with van der Waals surface area (Å²) in [6, 6.07) is 42.6. The number of aliphatic hydroxyl groups is 1. The summed E-state index contributed by atoms with van der Waals surface area (Å²) in [4.78, 5) is 30.0. The van der Waals surface area contributed by atoms with Crippen molar-refractivity contribution in [3.63, 3.8) is 0 Å². The molecule has 0 bridgehead atoms. The lowest BCUT2D eigenvalue weighted by atomic mass is 9.98. The van der Waals surface area contributed by atoms with Crippen molar-refractivity contribution >= 4 is 23.2 Å². The molecule has 0 unspecified atom stereocenters.